The number of alkyl halides is 3. The molecule has 0 saturated heterocycles. The number of hydrogen-bond donors (Lipinski definition) is 0. The fourth-order valence-electron chi connectivity index (χ4n) is 1.56. The van der Waals surface area contributed by atoms with Crippen LogP contribution in [0.5, 0.6) is 0 Å². The molecule has 19 heavy (non-hydrogen) atoms. The molecule has 0 heterocycles. The van der Waals surface area contributed by atoms with Gasteiger partial charge in [0, 0.05) is 0 Å². The zero-order chi connectivity index (χ0) is 13.9. The van der Waals surface area contributed by atoms with Crippen molar-refractivity contribution in [2.24, 2.45) is 0 Å². The van der Waals surface area contributed by atoms with E-state index in [1.807, 2.05) is 30.3 Å². The van der Waals surface area contributed by atoms with E-state index in [1.54, 1.807) is 6.07 Å². The molecule has 0 N–H and O–H groups in total. The van der Waals surface area contributed by atoms with Crippen molar-refractivity contribution in [3.63, 3.8) is 0 Å². The van der Waals surface area contributed by atoms with Crippen molar-refractivity contribution in [3.8, 4) is 0 Å². The van der Waals surface area contributed by atoms with E-state index in [1.165, 1.54) is 10.5 Å². The molecule has 0 radical (unpaired) electrons. The van der Waals surface area contributed by atoms with Crippen molar-refractivity contribution in [1.29, 1.82) is 0 Å². The second-order valence-corrected chi connectivity index (χ2v) is 6.52. The SMILES string of the molecule is FC(F)(F)c1cc(C[Se]c2ccccc2)ccc1Cl. The van der Waals surface area contributed by atoms with Crippen LogP contribution in [0, 0.1) is 0 Å². The summed E-state index contributed by atoms with van der Waals surface area (Å²) in [5, 5.41) is 0.375. The summed E-state index contributed by atoms with van der Waals surface area (Å²) in [4.78, 5) is 0. The summed E-state index contributed by atoms with van der Waals surface area (Å²) < 4.78 is 39.3. The molecule has 0 saturated carbocycles. The molecule has 0 unspecified atom stereocenters. The minimum atomic E-state index is -4.40. The fraction of sp³-hybridized carbons (Fsp3) is 0.143. The number of hydrogen-bond acceptors (Lipinski definition) is 0. The Kier molecular flexibility index (Phi) is 4.56. The zero-order valence-corrected chi connectivity index (χ0v) is 12.2. The Morgan fingerprint density at radius 2 is 1.68 bits per heavy atom. The first-order chi connectivity index (χ1) is 8.97. The van der Waals surface area contributed by atoms with E-state index >= 15 is 0 Å². The molecule has 0 aliphatic carbocycles. The Hall–Kier alpha value is -0.961. The van der Waals surface area contributed by atoms with Gasteiger partial charge in [0.05, 0.1) is 0 Å². The Balaban J connectivity index is 2.14. The van der Waals surface area contributed by atoms with Crippen molar-refractivity contribution in [2.75, 3.05) is 0 Å². The summed E-state index contributed by atoms with van der Waals surface area (Å²) in [7, 11) is 0. The van der Waals surface area contributed by atoms with Gasteiger partial charge in [0.2, 0.25) is 0 Å². The van der Waals surface area contributed by atoms with Crippen molar-refractivity contribution >= 4 is 31.0 Å². The Morgan fingerprint density at radius 1 is 1.00 bits per heavy atom. The number of halogens is 4. The summed E-state index contributed by atoms with van der Waals surface area (Å²) in [6.07, 6.45) is -4.40. The second kappa shape index (κ2) is 6.00. The van der Waals surface area contributed by atoms with E-state index < -0.39 is 11.7 Å². The molecule has 0 atom stereocenters. The van der Waals surface area contributed by atoms with Gasteiger partial charge in [-0.25, -0.2) is 0 Å². The van der Waals surface area contributed by atoms with Crippen LogP contribution in [-0.4, -0.2) is 15.0 Å². The maximum absolute atomic E-state index is 12.7. The molecular formula is C14H10ClF3Se. The first-order valence-corrected chi connectivity index (χ1v) is 7.95. The molecule has 0 spiro atoms. The van der Waals surface area contributed by atoms with E-state index in [-0.39, 0.29) is 20.0 Å². The van der Waals surface area contributed by atoms with Crippen LogP contribution >= 0.6 is 11.6 Å². The summed E-state index contributed by atoms with van der Waals surface area (Å²) in [6.45, 7) is 0. The Morgan fingerprint density at radius 3 is 2.32 bits per heavy atom. The van der Waals surface area contributed by atoms with Gasteiger partial charge in [-0.2, -0.15) is 0 Å². The van der Waals surface area contributed by atoms with Crippen LogP contribution in [0.1, 0.15) is 11.1 Å². The molecule has 0 aromatic heterocycles. The van der Waals surface area contributed by atoms with Crippen LogP contribution in [0.3, 0.4) is 0 Å². The molecule has 5 heteroatoms. The summed E-state index contributed by atoms with van der Waals surface area (Å²) >= 11 is 5.71. The first kappa shape index (κ1) is 14.4. The second-order valence-electron chi connectivity index (χ2n) is 3.91. The average Bonchev–Trinajstić information content (AvgIpc) is 2.37. The first-order valence-electron chi connectivity index (χ1n) is 5.50. The van der Waals surface area contributed by atoms with Crippen LogP contribution in [-0.2, 0) is 11.5 Å². The van der Waals surface area contributed by atoms with E-state index in [0.29, 0.717) is 10.9 Å². The van der Waals surface area contributed by atoms with Gasteiger partial charge in [0.1, 0.15) is 0 Å². The quantitative estimate of drug-likeness (QED) is 0.738. The van der Waals surface area contributed by atoms with E-state index in [2.05, 4.69) is 0 Å². The van der Waals surface area contributed by atoms with Gasteiger partial charge in [0.25, 0.3) is 0 Å². The summed E-state index contributed by atoms with van der Waals surface area (Å²) in [5.74, 6) is 0. The van der Waals surface area contributed by atoms with Gasteiger partial charge < -0.3 is 0 Å². The standard InChI is InChI=1S/C14H10ClF3Se/c15-13-7-6-10(8-12(13)14(16,17)18)9-19-11-4-2-1-3-5-11/h1-8H,9H2. The van der Waals surface area contributed by atoms with Gasteiger partial charge in [-0.3, -0.25) is 0 Å². The molecule has 0 nitrogen and oxygen atoms in total. The average molecular weight is 350 g/mol. The monoisotopic (exact) mass is 350 g/mol. The van der Waals surface area contributed by atoms with Crippen LogP contribution in [0.4, 0.5) is 13.2 Å². The summed E-state index contributed by atoms with van der Waals surface area (Å²) in [5.41, 5.74) is -0.0869. The van der Waals surface area contributed by atoms with Crippen LogP contribution in [0.25, 0.3) is 0 Å². The van der Waals surface area contributed by atoms with E-state index in [9.17, 15) is 13.2 Å². The van der Waals surface area contributed by atoms with Crippen molar-refractivity contribution in [1.82, 2.24) is 0 Å². The van der Waals surface area contributed by atoms with Crippen LogP contribution < -0.4 is 4.46 Å². The van der Waals surface area contributed by atoms with Crippen LogP contribution in [0.15, 0.2) is 48.5 Å². The van der Waals surface area contributed by atoms with Crippen molar-refractivity contribution < 1.29 is 13.2 Å². The molecule has 0 fully saturated rings. The maximum atomic E-state index is 12.7. The number of rotatable bonds is 3. The predicted octanol–water partition coefficient (Wildman–Crippen LogP) is 3.89. The molecule has 0 aliphatic heterocycles. The normalized spacial score (nSPS) is 11.6. The molecular weight excluding hydrogens is 340 g/mol. The Labute approximate surface area is 120 Å². The minimum absolute atomic E-state index is 0.123. The summed E-state index contributed by atoms with van der Waals surface area (Å²) in [6, 6.07) is 13.9. The van der Waals surface area contributed by atoms with Gasteiger partial charge in [-0.1, -0.05) is 0 Å². The Bertz CT molecular complexity index is 552. The van der Waals surface area contributed by atoms with Gasteiger partial charge in [-0.15, -0.1) is 0 Å². The predicted molar refractivity (Wildman–Crippen MR) is 72.0 cm³/mol. The molecule has 0 aliphatic rings. The number of benzene rings is 2. The van der Waals surface area contributed by atoms with E-state index in [4.69, 9.17) is 11.6 Å². The molecule has 100 valence electrons. The molecule has 0 bridgehead atoms. The molecule has 2 aromatic carbocycles. The van der Waals surface area contributed by atoms with Gasteiger partial charge >= 0.3 is 120 Å². The van der Waals surface area contributed by atoms with E-state index in [0.717, 1.165) is 6.07 Å². The third-order valence-electron chi connectivity index (χ3n) is 2.48. The van der Waals surface area contributed by atoms with Crippen molar-refractivity contribution in [2.45, 2.75) is 11.5 Å². The molecule has 0 amide bonds. The van der Waals surface area contributed by atoms with Crippen LogP contribution in [0.2, 0.25) is 5.02 Å². The molecule has 2 rings (SSSR count). The zero-order valence-electron chi connectivity index (χ0n) is 9.75. The van der Waals surface area contributed by atoms with Gasteiger partial charge in [0.15, 0.2) is 0 Å². The third kappa shape index (κ3) is 4.00. The topological polar surface area (TPSA) is 0 Å². The van der Waals surface area contributed by atoms with Gasteiger partial charge in [-0.05, 0) is 0 Å². The molecule has 2 aromatic rings. The third-order valence-corrected chi connectivity index (χ3v) is 5.09. The fourth-order valence-corrected chi connectivity index (χ4v) is 3.60. The van der Waals surface area contributed by atoms with Crippen molar-refractivity contribution in [3.05, 3.63) is 64.7 Å².